The highest BCUT2D eigenvalue weighted by molar-refractivity contribution is 5.84. The largest absolute Gasteiger partial charge is 0.504 e. The highest BCUT2D eigenvalue weighted by atomic mass is 16.5. The summed E-state index contributed by atoms with van der Waals surface area (Å²) in [4.78, 5) is 6.27. The van der Waals surface area contributed by atoms with E-state index >= 15 is 0 Å². The standard InChI is InChI=1S/C21H26N2O3/c1-16(22-15-18-9-6-10-19(25-2)21(18)24)20(17-7-4-3-5-8-17)23-11-13-26-14-12-23/h3-10,15-16,20,24H,11-14H2,1-2H3/p+1/t16-,20+/m0/s1. The molecule has 1 aliphatic rings. The molecule has 0 spiro atoms. The number of nitrogens with zero attached hydrogens (tertiary/aromatic N) is 1. The van der Waals surface area contributed by atoms with Crippen LogP contribution in [0.15, 0.2) is 53.5 Å². The molecule has 2 atom stereocenters. The van der Waals surface area contributed by atoms with Crippen molar-refractivity contribution in [1.82, 2.24) is 0 Å². The van der Waals surface area contributed by atoms with E-state index in [0.29, 0.717) is 11.3 Å². The molecule has 2 N–H and O–H groups in total. The van der Waals surface area contributed by atoms with Crippen LogP contribution in [0.1, 0.15) is 24.1 Å². The maximum Gasteiger partial charge on any atom is 0.166 e. The van der Waals surface area contributed by atoms with Gasteiger partial charge in [-0.3, -0.25) is 4.99 Å². The van der Waals surface area contributed by atoms with Gasteiger partial charge in [-0.1, -0.05) is 36.4 Å². The average molecular weight is 355 g/mol. The Bertz CT molecular complexity index is 727. The predicted octanol–water partition coefficient (Wildman–Crippen LogP) is 1.86. The van der Waals surface area contributed by atoms with Crippen LogP contribution in [0.25, 0.3) is 0 Å². The van der Waals surface area contributed by atoms with E-state index in [2.05, 4.69) is 31.2 Å². The van der Waals surface area contributed by atoms with E-state index in [0.717, 1.165) is 26.3 Å². The van der Waals surface area contributed by atoms with E-state index in [9.17, 15) is 5.11 Å². The summed E-state index contributed by atoms with van der Waals surface area (Å²) >= 11 is 0. The van der Waals surface area contributed by atoms with E-state index in [4.69, 9.17) is 14.5 Å². The molecule has 0 unspecified atom stereocenters. The Labute approximate surface area is 154 Å². The van der Waals surface area contributed by atoms with Crippen molar-refractivity contribution in [3.05, 3.63) is 59.7 Å². The zero-order chi connectivity index (χ0) is 18.4. The van der Waals surface area contributed by atoms with Crippen LogP contribution >= 0.6 is 0 Å². The zero-order valence-corrected chi connectivity index (χ0v) is 15.4. The van der Waals surface area contributed by atoms with Gasteiger partial charge in [0.05, 0.1) is 20.3 Å². The van der Waals surface area contributed by atoms with E-state index in [1.165, 1.54) is 10.5 Å². The number of benzene rings is 2. The van der Waals surface area contributed by atoms with Gasteiger partial charge < -0.3 is 19.5 Å². The molecule has 3 rings (SSSR count). The van der Waals surface area contributed by atoms with Crippen molar-refractivity contribution < 1.29 is 19.5 Å². The van der Waals surface area contributed by atoms with Crippen molar-refractivity contribution in [1.29, 1.82) is 0 Å². The molecule has 2 aromatic rings. The Morgan fingerprint density at radius 2 is 1.85 bits per heavy atom. The molecule has 0 radical (unpaired) electrons. The normalized spacial score (nSPS) is 17.9. The van der Waals surface area contributed by atoms with Gasteiger partial charge >= 0.3 is 0 Å². The Kier molecular flexibility index (Phi) is 6.26. The summed E-state index contributed by atoms with van der Waals surface area (Å²) in [6, 6.07) is 16.3. The number of quaternary nitrogens is 1. The van der Waals surface area contributed by atoms with Crippen LogP contribution < -0.4 is 9.64 Å². The second-order valence-electron chi connectivity index (χ2n) is 6.58. The SMILES string of the molecule is COc1cccc(C=N[C@@H](C)[C@H](c2ccccc2)[NH+]2CCOCC2)c1O. The number of morpholine rings is 1. The first-order valence-electron chi connectivity index (χ1n) is 9.07. The summed E-state index contributed by atoms with van der Waals surface area (Å²) in [5, 5.41) is 10.3. The smallest absolute Gasteiger partial charge is 0.166 e. The first-order valence-corrected chi connectivity index (χ1v) is 9.07. The molecule has 5 nitrogen and oxygen atoms in total. The van der Waals surface area contributed by atoms with Gasteiger partial charge in [-0.05, 0) is 19.1 Å². The lowest BCUT2D eigenvalue weighted by atomic mass is 9.98. The molecule has 5 heteroatoms. The molecule has 0 aliphatic carbocycles. The van der Waals surface area contributed by atoms with Gasteiger partial charge in [0, 0.05) is 17.3 Å². The lowest BCUT2D eigenvalue weighted by Gasteiger charge is -2.33. The Morgan fingerprint density at radius 3 is 2.54 bits per heavy atom. The quantitative estimate of drug-likeness (QED) is 0.778. The van der Waals surface area contributed by atoms with Gasteiger partial charge in [-0.25, -0.2) is 0 Å². The van der Waals surface area contributed by atoms with Gasteiger partial charge in [-0.2, -0.15) is 0 Å². The van der Waals surface area contributed by atoms with E-state index in [1.54, 1.807) is 19.4 Å². The number of methoxy groups -OCH3 is 1. The molecule has 1 saturated heterocycles. The predicted molar refractivity (Wildman–Crippen MR) is 102 cm³/mol. The Hall–Kier alpha value is -2.37. The summed E-state index contributed by atoms with van der Waals surface area (Å²) in [5.74, 6) is 0.584. The second kappa shape index (κ2) is 8.83. The molecule has 0 saturated carbocycles. The van der Waals surface area contributed by atoms with Crippen LogP contribution in [0.3, 0.4) is 0 Å². The summed E-state index contributed by atoms with van der Waals surface area (Å²) in [6.45, 7) is 5.65. The molecular weight excluding hydrogens is 328 g/mol. The van der Waals surface area contributed by atoms with Crippen LogP contribution in [0.2, 0.25) is 0 Å². The molecule has 138 valence electrons. The lowest BCUT2D eigenvalue weighted by Crippen LogP contribution is -3.15. The topological polar surface area (TPSA) is 55.5 Å². The first-order chi connectivity index (χ1) is 12.7. The number of phenolic OH excluding ortho intramolecular Hbond substituents is 1. The van der Waals surface area contributed by atoms with Crippen LogP contribution in [0, 0.1) is 0 Å². The molecule has 0 aromatic heterocycles. The van der Waals surface area contributed by atoms with Crippen LogP contribution in [0.4, 0.5) is 0 Å². The molecule has 1 aliphatic heterocycles. The van der Waals surface area contributed by atoms with Crippen molar-refractivity contribution in [3.63, 3.8) is 0 Å². The number of nitrogens with one attached hydrogen (secondary N) is 1. The average Bonchev–Trinajstić information content (AvgIpc) is 2.69. The lowest BCUT2D eigenvalue weighted by molar-refractivity contribution is -0.940. The van der Waals surface area contributed by atoms with Crippen LogP contribution in [-0.2, 0) is 4.74 Å². The summed E-state index contributed by atoms with van der Waals surface area (Å²) in [5.41, 5.74) is 1.95. The van der Waals surface area contributed by atoms with Gasteiger partial charge in [0.25, 0.3) is 0 Å². The number of rotatable bonds is 6. The maximum absolute atomic E-state index is 10.3. The van der Waals surface area contributed by atoms with Gasteiger partial charge in [-0.15, -0.1) is 0 Å². The van der Waals surface area contributed by atoms with Gasteiger partial charge in [0.2, 0.25) is 0 Å². The Morgan fingerprint density at radius 1 is 1.12 bits per heavy atom. The monoisotopic (exact) mass is 355 g/mol. The number of ether oxygens (including phenoxy) is 2. The summed E-state index contributed by atoms with van der Waals surface area (Å²) < 4.78 is 10.7. The molecule has 26 heavy (non-hydrogen) atoms. The minimum Gasteiger partial charge on any atom is -0.504 e. The molecule has 2 aromatic carbocycles. The number of aromatic hydroxyl groups is 1. The second-order valence-corrected chi connectivity index (χ2v) is 6.58. The number of hydrogen-bond acceptors (Lipinski definition) is 4. The van der Waals surface area contributed by atoms with Gasteiger partial charge in [0.15, 0.2) is 11.5 Å². The van der Waals surface area contributed by atoms with Crippen molar-refractivity contribution >= 4 is 6.21 Å². The summed E-state index contributed by atoms with van der Waals surface area (Å²) in [6.07, 6.45) is 1.75. The fourth-order valence-electron chi connectivity index (χ4n) is 3.55. The van der Waals surface area contributed by atoms with Crippen molar-refractivity contribution in [2.24, 2.45) is 4.99 Å². The maximum atomic E-state index is 10.3. The van der Waals surface area contributed by atoms with Crippen molar-refractivity contribution in [3.8, 4) is 11.5 Å². The van der Waals surface area contributed by atoms with Crippen molar-refractivity contribution in [2.45, 2.75) is 19.0 Å². The molecular formula is C21H27N2O3+. The number of para-hydroxylation sites is 1. The van der Waals surface area contributed by atoms with Crippen LogP contribution in [0.5, 0.6) is 11.5 Å². The van der Waals surface area contributed by atoms with Gasteiger partial charge in [0.1, 0.15) is 25.2 Å². The third-order valence-electron chi connectivity index (χ3n) is 4.91. The van der Waals surface area contributed by atoms with Crippen molar-refractivity contribution in [2.75, 3.05) is 33.4 Å². The number of aliphatic imine (C=N–C) groups is 1. The minimum absolute atomic E-state index is 0.0658. The molecule has 1 fully saturated rings. The Balaban J connectivity index is 1.84. The van der Waals surface area contributed by atoms with Crippen LogP contribution in [-0.4, -0.2) is 50.8 Å². The highest BCUT2D eigenvalue weighted by Crippen LogP contribution is 2.28. The zero-order valence-electron chi connectivity index (χ0n) is 15.4. The van der Waals surface area contributed by atoms with E-state index in [1.807, 2.05) is 18.2 Å². The highest BCUT2D eigenvalue weighted by Gasteiger charge is 2.30. The first kappa shape index (κ1) is 18.4. The molecule has 1 heterocycles. The molecule has 0 amide bonds. The third kappa shape index (κ3) is 4.23. The number of hydrogen-bond donors (Lipinski definition) is 2. The minimum atomic E-state index is 0.0658. The number of phenols is 1. The van der Waals surface area contributed by atoms with E-state index < -0.39 is 0 Å². The fraction of sp³-hybridized carbons (Fsp3) is 0.381. The fourth-order valence-corrected chi connectivity index (χ4v) is 3.55. The third-order valence-corrected chi connectivity index (χ3v) is 4.91. The molecule has 0 bridgehead atoms. The summed E-state index contributed by atoms with van der Waals surface area (Å²) in [7, 11) is 1.55. The van der Waals surface area contributed by atoms with E-state index in [-0.39, 0.29) is 17.8 Å².